The summed E-state index contributed by atoms with van der Waals surface area (Å²) in [6.07, 6.45) is -2.03. The van der Waals surface area contributed by atoms with E-state index in [4.69, 9.17) is 4.74 Å². The van der Waals surface area contributed by atoms with E-state index in [1.165, 1.54) is 35.0 Å². The number of nitrogens with one attached hydrogen (secondary N) is 1. The fourth-order valence-corrected chi connectivity index (χ4v) is 4.88. The van der Waals surface area contributed by atoms with E-state index in [1.807, 2.05) is 0 Å². The average molecular weight is 461 g/mol. The van der Waals surface area contributed by atoms with Crippen molar-refractivity contribution in [3.05, 3.63) is 78.6 Å². The van der Waals surface area contributed by atoms with Gasteiger partial charge in [0.25, 0.3) is 10.0 Å². The van der Waals surface area contributed by atoms with Gasteiger partial charge in [-0.1, -0.05) is 30.3 Å². The number of halogens is 3. The smallest absolute Gasteiger partial charge is 0.417 e. The van der Waals surface area contributed by atoms with Gasteiger partial charge in [-0.3, -0.25) is 4.72 Å². The Balaban J connectivity index is 1.87. The van der Waals surface area contributed by atoms with Crippen molar-refractivity contribution in [1.29, 1.82) is 0 Å². The van der Waals surface area contributed by atoms with E-state index >= 15 is 0 Å². The van der Waals surface area contributed by atoms with Gasteiger partial charge in [0.2, 0.25) is 0 Å². The van der Waals surface area contributed by atoms with E-state index in [2.05, 4.69) is 9.82 Å². The highest BCUT2D eigenvalue weighted by Crippen LogP contribution is 2.40. The third kappa shape index (κ3) is 4.13. The van der Waals surface area contributed by atoms with E-state index in [9.17, 15) is 21.6 Å². The number of pyridine rings is 1. The Morgan fingerprint density at radius 3 is 2.47 bits per heavy atom. The Kier molecular flexibility index (Phi) is 5.55. The quantitative estimate of drug-likeness (QED) is 0.427. The maximum Gasteiger partial charge on any atom is 0.417 e. The summed E-state index contributed by atoms with van der Waals surface area (Å²) in [6.45, 7) is 2.23. The van der Waals surface area contributed by atoms with Crippen LogP contribution in [-0.2, 0) is 16.2 Å². The summed E-state index contributed by atoms with van der Waals surface area (Å²) in [7, 11) is -4.64. The Morgan fingerprint density at radius 2 is 1.78 bits per heavy atom. The molecule has 2 heterocycles. The van der Waals surface area contributed by atoms with Crippen molar-refractivity contribution in [1.82, 2.24) is 9.61 Å². The summed E-state index contributed by atoms with van der Waals surface area (Å²) >= 11 is 0. The summed E-state index contributed by atoms with van der Waals surface area (Å²) in [6, 6.07) is 14.5. The van der Waals surface area contributed by atoms with Crippen LogP contribution in [0.1, 0.15) is 12.5 Å². The first kappa shape index (κ1) is 21.7. The Labute approximate surface area is 182 Å². The van der Waals surface area contributed by atoms with Gasteiger partial charge in [-0.05, 0) is 42.8 Å². The van der Waals surface area contributed by atoms with Crippen molar-refractivity contribution >= 4 is 21.2 Å². The van der Waals surface area contributed by atoms with Crippen LogP contribution in [0.15, 0.2) is 78.0 Å². The summed E-state index contributed by atoms with van der Waals surface area (Å²) in [5.41, 5.74) is -0.553. The van der Waals surface area contributed by atoms with Crippen molar-refractivity contribution in [3.63, 3.8) is 0 Å². The zero-order valence-electron chi connectivity index (χ0n) is 16.8. The number of nitrogens with zero attached hydrogens (tertiary/aromatic N) is 2. The molecule has 0 amide bonds. The maximum absolute atomic E-state index is 13.8. The molecule has 166 valence electrons. The van der Waals surface area contributed by atoms with Gasteiger partial charge in [-0.25, -0.2) is 12.9 Å². The molecule has 0 aliphatic heterocycles. The van der Waals surface area contributed by atoms with Crippen LogP contribution in [0.2, 0.25) is 0 Å². The number of rotatable bonds is 6. The molecule has 0 spiro atoms. The molecule has 2 aromatic heterocycles. The van der Waals surface area contributed by atoms with Crippen molar-refractivity contribution in [3.8, 4) is 16.9 Å². The van der Waals surface area contributed by atoms with E-state index < -0.39 is 26.7 Å². The molecule has 32 heavy (non-hydrogen) atoms. The largest absolute Gasteiger partial charge is 0.494 e. The fraction of sp³-hybridized carbons (Fsp3) is 0.136. The van der Waals surface area contributed by atoms with Crippen LogP contribution >= 0.6 is 0 Å². The molecule has 1 N–H and O–H groups in total. The summed E-state index contributed by atoms with van der Waals surface area (Å²) in [5.74, 6) is 0.525. The van der Waals surface area contributed by atoms with Crippen molar-refractivity contribution < 1.29 is 26.3 Å². The standard InChI is InChI=1S/C22H18F3N3O3S/c1-2-31-16-11-9-15(10-12-16)17-6-5-7-18(22(23,24)25)21(17)32(29,30)27-19-14-26-28-13-4-3-8-20(19)28/h3-14,27H,2H2,1H3. The minimum absolute atomic E-state index is 0.0696. The second-order valence-electron chi connectivity index (χ2n) is 6.83. The summed E-state index contributed by atoms with van der Waals surface area (Å²) in [4.78, 5) is -0.855. The zero-order valence-corrected chi connectivity index (χ0v) is 17.6. The first-order valence-corrected chi connectivity index (χ1v) is 11.1. The van der Waals surface area contributed by atoms with Crippen LogP contribution in [0, 0.1) is 0 Å². The van der Waals surface area contributed by atoms with Gasteiger partial charge < -0.3 is 4.74 Å². The zero-order chi connectivity index (χ0) is 22.9. The van der Waals surface area contributed by atoms with Gasteiger partial charge in [0.05, 0.1) is 29.6 Å². The number of sulfonamides is 1. The lowest BCUT2D eigenvalue weighted by Crippen LogP contribution is -2.20. The molecule has 10 heteroatoms. The molecule has 0 bridgehead atoms. The van der Waals surface area contributed by atoms with Crippen molar-refractivity contribution in [2.45, 2.75) is 18.0 Å². The van der Waals surface area contributed by atoms with Crippen molar-refractivity contribution in [2.75, 3.05) is 11.3 Å². The molecule has 0 aliphatic rings. The van der Waals surface area contributed by atoms with E-state index in [0.717, 1.165) is 6.07 Å². The minimum atomic E-state index is -4.88. The Hall–Kier alpha value is -3.53. The lowest BCUT2D eigenvalue weighted by atomic mass is 10.0. The first-order valence-electron chi connectivity index (χ1n) is 9.59. The van der Waals surface area contributed by atoms with Crippen molar-refractivity contribution in [2.24, 2.45) is 0 Å². The van der Waals surface area contributed by atoms with Crippen LogP contribution in [0.5, 0.6) is 5.75 Å². The van der Waals surface area contributed by atoms with Gasteiger partial charge in [0.15, 0.2) is 0 Å². The number of alkyl halides is 3. The van der Waals surface area contributed by atoms with Gasteiger partial charge in [-0.2, -0.15) is 18.3 Å². The third-order valence-electron chi connectivity index (χ3n) is 4.74. The first-order chi connectivity index (χ1) is 15.2. The molecule has 0 aliphatic carbocycles. The number of ether oxygens (including phenoxy) is 1. The van der Waals surface area contributed by atoms with Gasteiger partial charge in [0.1, 0.15) is 10.6 Å². The van der Waals surface area contributed by atoms with Gasteiger partial charge in [-0.15, -0.1) is 0 Å². The molecular formula is C22H18F3N3O3S. The molecule has 0 saturated carbocycles. The Bertz CT molecular complexity index is 1360. The van der Waals surface area contributed by atoms with Gasteiger partial charge in [0, 0.05) is 11.8 Å². The number of benzene rings is 2. The average Bonchev–Trinajstić information content (AvgIpc) is 3.16. The molecule has 2 aromatic carbocycles. The maximum atomic E-state index is 13.8. The topological polar surface area (TPSA) is 72.7 Å². The predicted octanol–water partition coefficient (Wildman–Crippen LogP) is 5.22. The second kappa shape index (κ2) is 8.19. The molecule has 0 fully saturated rings. The minimum Gasteiger partial charge on any atom is -0.494 e. The van der Waals surface area contributed by atoms with E-state index in [-0.39, 0.29) is 11.3 Å². The second-order valence-corrected chi connectivity index (χ2v) is 8.45. The summed E-state index contributed by atoms with van der Waals surface area (Å²) in [5, 5.41) is 4.03. The molecule has 4 rings (SSSR count). The highest BCUT2D eigenvalue weighted by atomic mass is 32.2. The lowest BCUT2D eigenvalue weighted by Gasteiger charge is -2.18. The molecule has 0 atom stereocenters. The normalized spacial score (nSPS) is 12.1. The number of hydrogen-bond acceptors (Lipinski definition) is 4. The predicted molar refractivity (Wildman–Crippen MR) is 114 cm³/mol. The van der Waals surface area contributed by atoms with Crippen LogP contribution in [0.3, 0.4) is 0 Å². The third-order valence-corrected chi connectivity index (χ3v) is 6.20. The van der Waals surface area contributed by atoms with E-state index in [0.29, 0.717) is 23.4 Å². The van der Waals surface area contributed by atoms with Crippen LogP contribution in [0.4, 0.5) is 18.9 Å². The SMILES string of the molecule is CCOc1ccc(-c2cccc(C(F)(F)F)c2S(=O)(=O)Nc2cnn3ccccc23)cc1. The fourth-order valence-electron chi connectivity index (χ4n) is 3.38. The summed E-state index contributed by atoms with van der Waals surface area (Å²) < 4.78 is 77.2. The molecule has 6 nitrogen and oxygen atoms in total. The van der Waals surface area contributed by atoms with Crippen LogP contribution < -0.4 is 9.46 Å². The molecular weight excluding hydrogens is 443 g/mol. The molecule has 0 unspecified atom stereocenters. The molecule has 4 aromatic rings. The Morgan fingerprint density at radius 1 is 1.03 bits per heavy atom. The molecule has 0 saturated heterocycles. The highest BCUT2D eigenvalue weighted by molar-refractivity contribution is 7.93. The number of aromatic nitrogens is 2. The van der Waals surface area contributed by atoms with Crippen LogP contribution in [0.25, 0.3) is 16.6 Å². The number of hydrogen-bond donors (Lipinski definition) is 1. The molecule has 0 radical (unpaired) electrons. The van der Waals surface area contributed by atoms with Gasteiger partial charge >= 0.3 is 6.18 Å². The number of fused-ring (bicyclic) bond motifs is 1. The van der Waals surface area contributed by atoms with Crippen LogP contribution in [-0.4, -0.2) is 24.6 Å². The number of anilines is 1. The monoisotopic (exact) mass is 461 g/mol. The lowest BCUT2D eigenvalue weighted by molar-refractivity contribution is -0.139. The van der Waals surface area contributed by atoms with E-state index in [1.54, 1.807) is 43.5 Å². The highest BCUT2D eigenvalue weighted by Gasteiger charge is 2.39.